The third kappa shape index (κ3) is 52.1. The number of quaternary nitrogens is 1. The van der Waals surface area contributed by atoms with E-state index in [9.17, 15) is 0 Å². The highest BCUT2D eigenvalue weighted by atomic mass is 16.5. The fraction of sp³-hybridized carbons (Fsp3) is 0.852. The summed E-state index contributed by atoms with van der Waals surface area (Å²) in [5, 5.41) is 0. The van der Waals surface area contributed by atoms with Crippen molar-refractivity contribution in [3.05, 3.63) is 0 Å². The third-order valence-corrected chi connectivity index (χ3v) is 11.0. The second-order valence-electron chi connectivity index (χ2n) is 16.9. The molecular weight excluding hydrogens is 695 g/mol. The summed E-state index contributed by atoms with van der Waals surface area (Å²) in [5.74, 6) is 25.3. The number of unbranched alkanes of at least 4 members (excludes halogenated alkanes) is 34. The number of rotatable bonds is 43. The van der Waals surface area contributed by atoms with Crippen molar-refractivity contribution in [2.24, 2.45) is 0 Å². The van der Waals surface area contributed by atoms with Gasteiger partial charge >= 0.3 is 0 Å². The normalized spacial score (nSPS) is 11.1. The van der Waals surface area contributed by atoms with Gasteiger partial charge in [0.15, 0.2) is 6.73 Å². The molecule has 0 saturated heterocycles. The highest BCUT2D eigenvalue weighted by Gasteiger charge is 2.02. The van der Waals surface area contributed by atoms with Crippen LogP contribution in [0, 0.1) is 47.4 Å². The number of nitrogens with one attached hydrogen (secondary N) is 1. The van der Waals surface area contributed by atoms with Gasteiger partial charge in [-0.05, 0) is 62.2 Å². The number of ether oxygens (including phenoxy) is 2. The fourth-order valence-corrected chi connectivity index (χ4v) is 7.10. The summed E-state index contributed by atoms with van der Waals surface area (Å²) in [5.41, 5.74) is 0. The summed E-state index contributed by atoms with van der Waals surface area (Å²) in [6.07, 6.45) is 49.6. The van der Waals surface area contributed by atoms with Gasteiger partial charge < -0.3 is 14.4 Å². The summed E-state index contributed by atoms with van der Waals surface area (Å²) in [7, 11) is 2.20. The van der Waals surface area contributed by atoms with Crippen LogP contribution in [-0.2, 0) is 9.47 Å². The summed E-state index contributed by atoms with van der Waals surface area (Å²) < 4.78 is 11.8. The zero-order valence-electron chi connectivity index (χ0n) is 38.7. The van der Waals surface area contributed by atoms with Crippen LogP contribution in [0.3, 0.4) is 0 Å². The van der Waals surface area contributed by atoms with Crippen LogP contribution in [0.15, 0.2) is 0 Å². The Hall–Kier alpha value is -1.88. The van der Waals surface area contributed by atoms with Crippen LogP contribution in [-0.4, -0.2) is 40.1 Å². The van der Waals surface area contributed by atoms with Gasteiger partial charge in [0, 0.05) is 32.3 Å². The molecule has 0 aliphatic carbocycles. The Morgan fingerprint density at radius 2 is 0.561 bits per heavy atom. The van der Waals surface area contributed by atoms with Crippen LogP contribution in [0.5, 0.6) is 0 Å². The van der Waals surface area contributed by atoms with E-state index in [1.165, 1.54) is 223 Å². The molecule has 0 rings (SSSR count). The smallest absolute Gasteiger partial charge is 0.181 e. The van der Waals surface area contributed by atoms with Gasteiger partial charge in [-0.15, -0.1) is 0 Å². The van der Waals surface area contributed by atoms with Crippen LogP contribution in [0.2, 0.25) is 0 Å². The van der Waals surface area contributed by atoms with E-state index < -0.39 is 0 Å². The molecule has 328 valence electrons. The van der Waals surface area contributed by atoms with Crippen molar-refractivity contribution in [3.8, 4) is 47.4 Å². The topological polar surface area (TPSA) is 22.9 Å². The largest absolute Gasteiger partial charge is 0.376 e. The van der Waals surface area contributed by atoms with Gasteiger partial charge in [0.1, 0.15) is 6.54 Å². The van der Waals surface area contributed by atoms with E-state index in [2.05, 4.69) is 68.3 Å². The SMILES string of the molecule is CCCCCCCCCCCCCC#CC#CCCCCCCCCOCC[NH+](C)COCCCCCCCCC#CC#CCCCCCCCCCCCCC. The molecule has 0 aliphatic heterocycles. The van der Waals surface area contributed by atoms with E-state index in [1.807, 2.05) is 0 Å². The number of hydrogen-bond donors (Lipinski definition) is 1. The minimum atomic E-state index is 0.778. The van der Waals surface area contributed by atoms with Crippen molar-refractivity contribution in [2.75, 3.05) is 40.1 Å². The molecule has 1 N–H and O–H groups in total. The van der Waals surface area contributed by atoms with Crippen molar-refractivity contribution in [3.63, 3.8) is 0 Å². The van der Waals surface area contributed by atoms with E-state index in [-0.39, 0.29) is 0 Å². The van der Waals surface area contributed by atoms with Gasteiger partial charge in [-0.3, -0.25) is 0 Å². The Morgan fingerprint density at radius 1 is 0.298 bits per heavy atom. The summed E-state index contributed by atoms with van der Waals surface area (Å²) in [6.45, 7) is 8.96. The molecule has 1 unspecified atom stereocenters. The second kappa shape index (κ2) is 52.1. The van der Waals surface area contributed by atoms with E-state index >= 15 is 0 Å². The average Bonchev–Trinajstić information content (AvgIpc) is 3.22. The molecular formula is C54H96NO2+. The van der Waals surface area contributed by atoms with Gasteiger partial charge in [0.25, 0.3) is 0 Å². The Morgan fingerprint density at radius 3 is 0.877 bits per heavy atom. The monoisotopic (exact) mass is 791 g/mol. The maximum Gasteiger partial charge on any atom is 0.181 e. The molecule has 0 spiro atoms. The predicted octanol–water partition coefficient (Wildman–Crippen LogP) is 14.4. The third-order valence-electron chi connectivity index (χ3n) is 11.0. The Kier molecular flexibility index (Phi) is 50.4. The lowest BCUT2D eigenvalue weighted by molar-refractivity contribution is -0.900. The number of likely N-dealkylation sites (N-methyl/N-ethyl adjacent to an activating group) is 1. The molecule has 0 bridgehead atoms. The van der Waals surface area contributed by atoms with Crippen LogP contribution in [0.25, 0.3) is 0 Å². The zero-order valence-corrected chi connectivity index (χ0v) is 38.7. The molecule has 0 aliphatic rings. The minimum absolute atomic E-state index is 0.778. The molecule has 0 aromatic rings. The van der Waals surface area contributed by atoms with Crippen LogP contribution < -0.4 is 4.90 Å². The van der Waals surface area contributed by atoms with Gasteiger partial charge in [0.2, 0.25) is 0 Å². The lowest BCUT2D eigenvalue weighted by Crippen LogP contribution is -3.09. The molecule has 0 heterocycles. The lowest BCUT2D eigenvalue weighted by atomic mass is 10.1. The molecule has 0 aromatic heterocycles. The summed E-state index contributed by atoms with van der Waals surface area (Å²) >= 11 is 0. The number of hydrogen-bond acceptors (Lipinski definition) is 2. The van der Waals surface area contributed by atoms with E-state index in [0.717, 1.165) is 58.8 Å². The molecule has 0 aromatic carbocycles. The Bertz CT molecular complexity index is 1040. The molecule has 1 atom stereocenters. The van der Waals surface area contributed by atoms with Crippen LogP contribution in [0.1, 0.15) is 258 Å². The first-order chi connectivity index (χ1) is 28.3. The molecule has 0 radical (unpaired) electrons. The molecule has 0 amide bonds. The highest BCUT2D eigenvalue weighted by Crippen LogP contribution is 2.13. The first-order valence-electron chi connectivity index (χ1n) is 25.2. The van der Waals surface area contributed by atoms with Crippen LogP contribution in [0.4, 0.5) is 0 Å². The highest BCUT2D eigenvalue weighted by molar-refractivity contribution is 5.26. The quantitative estimate of drug-likeness (QED) is 0.0378. The molecule has 0 saturated carbocycles. The maximum atomic E-state index is 5.91. The van der Waals surface area contributed by atoms with Gasteiger partial charge in [-0.1, -0.05) is 217 Å². The second-order valence-corrected chi connectivity index (χ2v) is 16.9. The van der Waals surface area contributed by atoms with Crippen molar-refractivity contribution >= 4 is 0 Å². The fourth-order valence-electron chi connectivity index (χ4n) is 7.10. The summed E-state index contributed by atoms with van der Waals surface area (Å²) in [4.78, 5) is 1.40. The molecule has 0 fully saturated rings. The molecule has 3 heteroatoms. The Balaban J connectivity index is 3.32. The molecule has 3 nitrogen and oxygen atoms in total. The lowest BCUT2D eigenvalue weighted by Gasteiger charge is -2.14. The maximum absolute atomic E-state index is 5.91. The van der Waals surface area contributed by atoms with E-state index in [1.54, 1.807) is 0 Å². The van der Waals surface area contributed by atoms with Gasteiger partial charge in [0.05, 0.1) is 20.3 Å². The van der Waals surface area contributed by atoms with Crippen molar-refractivity contribution < 1.29 is 14.4 Å². The summed E-state index contributed by atoms with van der Waals surface area (Å²) in [6, 6.07) is 0. The zero-order chi connectivity index (χ0) is 41.1. The van der Waals surface area contributed by atoms with E-state index in [0.29, 0.717) is 0 Å². The molecule has 57 heavy (non-hydrogen) atoms. The average molecular weight is 791 g/mol. The van der Waals surface area contributed by atoms with Crippen LogP contribution >= 0.6 is 0 Å². The Labute approximate surface area is 358 Å². The predicted molar refractivity (Wildman–Crippen MR) is 251 cm³/mol. The first-order valence-corrected chi connectivity index (χ1v) is 25.2. The minimum Gasteiger partial charge on any atom is -0.376 e. The van der Waals surface area contributed by atoms with Crippen molar-refractivity contribution in [1.29, 1.82) is 0 Å². The van der Waals surface area contributed by atoms with Crippen molar-refractivity contribution in [2.45, 2.75) is 258 Å². The van der Waals surface area contributed by atoms with Gasteiger partial charge in [-0.2, -0.15) is 0 Å². The first kappa shape index (κ1) is 55.1. The van der Waals surface area contributed by atoms with E-state index in [4.69, 9.17) is 9.47 Å². The standard InChI is InChI=1S/C54H95NO2/c1-4-6-8-10-12-14-16-18-20-22-24-26-28-30-32-34-36-38-40-42-44-46-48-51-56-53-50-55(3)54-57-52-49-47-45-43-41-39-37-35-33-31-29-27-25-23-21-19-17-15-13-11-9-7-5-2/h4-27,36-54H2,1-3H3/p+1. The van der Waals surface area contributed by atoms with Gasteiger partial charge in [-0.25, -0.2) is 0 Å². The van der Waals surface area contributed by atoms with Crippen molar-refractivity contribution in [1.82, 2.24) is 0 Å².